The van der Waals surface area contributed by atoms with E-state index in [4.69, 9.17) is 5.11 Å². The first kappa shape index (κ1) is 14.4. The number of carbonyl (C=O) groups excluding carboxylic acids is 1. The van der Waals surface area contributed by atoms with Crippen LogP contribution < -0.4 is 0 Å². The van der Waals surface area contributed by atoms with E-state index >= 15 is 0 Å². The predicted molar refractivity (Wildman–Crippen MR) is 60.1 cm³/mol. The van der Waals surface area contributed by atoms with Gasteiger partial charge in [-0.2, -0.15) is 18.3 Å². The molecule has 6 nitrogen and oxygen atoms in total. The SMILES string of the molecule is CC(=O)N1CCC(n2ncc(C(=O)O)c2C(F)(F)F)C1. The van der Waals surface area contributed by atoms with E-state index in [-0.39, 0.29) is 12.5 Å². The monoisotopic (exact) mass is 291 g/mol. The third-order valence-electron chi connectivity index (χ3n) is 3.25. The van der Waals surface area contributed by atoms with Crippen molar-refractivity contribution in [2.45, 2.75) is 25.6 Å². The highest BCUT2D eigenvalue weighted by Crippen LogP contribution is 2.35. The van der Waals surface area contributed by atoms with E-state index in [9.17, 15) is 22.8 Å². The Morgan fingerprint density at radius 1 is 1.45 bits per heavy atom. The molecule has 1 aromatic rings. The lowest BCUT2D eigenvalue weighted by atomic mass is 10.2. The second kappa shape index (κ2) is 4.80. The first-order valence-electron chi connectivity index (χ1n) is 5.85. The van der Waals surface area contributed by atoms with Gasteiger partial charge in [0, 0.05) is 20.0 Å². The average molecular weight is 291 g/mol. The predicted octanol–water partition coefficient (Wildman–Crippen LogP) is 1.39. The Hall–Kier alpha value is -2.06. The molecular formula is C11H12F3N3O3. The van der Waals surface area contributed by atoms with Crippen molar-refractivity contribution in [2.24, 2.45) is 0 Å². The molecule has 1 aliphatic heterocycles. The average Bonchev–Trinajstić information content (AvgIpc) is 2.94. The van der Waals surface area contributed by atoms with Crippen LogP contribution in [0, 0.1) is 0 Å². The van der Waals surface area contributed by atoms with Crippen LogP contribution in [0.5, 0.6) is 0 Å². The minimum absolute atomic E-state index is 0.0964. The summed E-state index contributed by atoms with van der Waals surface area (Å²) in [6.07, 6.45) is -3.81. The molecule has 20 heavy (non-hydrogen) atoms. The number of alkyl halides is 3. The summed E-state index contributed by atoms with van der Waals surface area (Å²) in [4.78, 5) is 23.5. The molecule has 110 valence electrons. The molecule has 2 rings (SSSR count). The number of aromatic carboxylic acids is 1. The summed E-state index contributed by atoms with van der Waals surface area (Å²) >= 11 is 0. The molecule has 0 saturated carbocycles. The lowest BCUT2D eigenvalue weighted by molar-refractivity contribution is -0.145. The van der Waals surface area contributed by atoms with Crippen molar-refractivity contribution in [3.8, 4) is 0 Å². The zero-order chi connectivity index (χ0) is 15.1. The number of carboxylic acids is 1. The van der Waals surface area contributed by atoms with Crippen molar-refractivity contribution in [1.29, 1.82) is 0 Å². The molecule has 0 bridgehead atoms. The summed E-state index contributed by atoms with van der Waals surface area (Å²) in [7, 11) is 0. The number of carbonyl (C=O) groups is 2. The minimum atomic E-state index is -4.81. The number of hydrogen-bond acceptors (Lipinski definition) is 3. The van der Waals surface area contributed by atoms with Crippen molar-refractivity contribution in [1.82, 2.24) is 14.7 Å². The molecular weight excluding hydrogens is 279 g/mol. The van der Waals surface area contributed by atoms with Crippen molar-refractivity contribution in [2.75, 3.05) is 13.1 Å². The molecule has 1 aromatic heterocycles. The van der Waals surface area contributed by atoms with E-state index < -0.39 is 29.4 Å². The van der Waals surface area contributed by atoms with Gasteiger partial charge in [-0.15, -0.1) is 0 Å². The first-order chi connectivity index (χ1) is 9.21. The zero-order valence-corrected chi connectivity index (χ0v) is 10.5. The number of rotatable bonds is 2. The summed E-state index contributed by atoms with van der Waals surface area (Å²) in [6.45, 7) is 1.76. The Labute approximate surface area is 111 Å². The largest absolute Gasteiger partial charge is 0.478 e. The maximum Gasteiger partial charge on any atom is 0.433 e. The number of nitrogens with zero attached hydrogens (tertiary/aromatic N) is 3. The van der Waals surface area contributed by atoms with Gasteiger partial charge in [0.2, 0.25) is 5.91 Å². The highest BCUT2D eigenvalue weighted by molar-refractivity contribution is 5.88. The molecule has 0 aliphatic carbocycles. The van der Waals surface area contributed by atoms with Crippen LogP contribution in [-0.2, 0) is 11.0 Å². The number of likely N-dealkylation sites (tertiary alicyclic amines) is 1. The number of hydrogen-bond donors (Lipinski definition) is 1. The fourth-order valence-corrected chi connectivity index (χ4v) is 2.31. The molecule has 1 fully saturated rings. The van der Waals surface area contributed by atoms with Gasteiger partial charge in [0.1, 0.15) is 5.56 Å². The number of aromatic nitrogens is 2. The van der Waals surface area contributed by atoms with E-state index in [1.807, 2.05) is 0 Å². The van der Waals surface area contributed by atoms with Gasteiger partial charge in [0.25, 0.3) is 0 Å². The van der Waals surface area contributed by atoms with E-state index in [1.54, 1.807) is 0 Å². The second-order valence-corrected chi connectivity index (χ2v) is 4.56. The highest BCUT2D eigenvalue weighted by atomic mass is 19.4. The summed E-state index contributed by atoms with van der Waals surface area (Å²) in [5, 5.41) is 12.4. The third kappa shape index (κ3) is 2.47. The lowest BCUT2D eigenvalue weighted by Gasteiger charge is -2.18. The molecule has 0 aromatic carbocycles. The van der Waals surface area contributed by atoms with Crippen LogP contribution in [0.1, 0.15) is 35.4 Å². The Balaban J connectivity index is 2.39. The molecule has 1 N–H and O–H groups in total. The molecule has 1 unspecified atom stereocenters. The molecule has 2 heterocycles. The van der Waals surface area contributed by atoms with Crippen LogP contribution >= 0.6 is 0 Å². The van der Waals surface area contributed by atoms with Gasteiger partial charge in [-0.25, -0.2) is 4.79 Å². The Kier molecular flexibility index (Phi) is 3.45. The summed E-state index contributed by atoms with van der Waals surface area (Å²) in [6, 6.07) is -0.663. The number of halogens is 3. The Morgan fingerprint density at radius 2 is 2.10 bits per heavy atom. The zero-order valence-electron chi connectivity index (χ0n) is 10.5. The minimum Gasteiger partial charge on any atom is -0.478 e. The van der Waals surface area contributed by atoms with Gasteiger partial charge in [0.05, 0.1) is 12.2 Å². The van der Waals surface area contributed by atoms with Gasteiger partial charge in [0.15, 0.2) is 5.69 Å². The number of carboxylic acid groups (broad SMARTS) is 1. The van der Waals surface area contributed by atoms with Crippen LogP contribution in [0.3, 0.4) is 0 Å². The van der Waals surface area contributed by atoms with Crippen molar-refractivity contribution < 1.29 is 27.9 Å². The van der Waals surface area contributed by atoms with E-state index in [0.717, 1.165) is 0 Å². The molecule has 0 spiro atoms. The topological polar surface area (TPSA) is 75.4 Å². The van der Waals surface area contributed by atoms with Crippen LogP contribution in [0.2, 0.25) is 0 Å². The van der Waals surface area contributed by atoms with Crippen LogP contribution in [0.15, 0.2) is 6.20 Å². The van der Waals surface area contributed by atoms with Gasteiger partial charge in [-0.1, -0.05) is 0 Å². The highest BCUT2D eigenvalue weighted by Gasteiger charge is 2.42. The molecule has 9 heteroatoms. The first-order valence-corrected chi connectivity index (χ1v) is 5.85. The van der Waals surface area contributed by atoms with E-state index in [0.29, 0.717) is 23.8 Å². The molecule has 1 atom stereocenters. The summed E-state index contributed by atoms with van der Waals surface area (Å²) in [5.41, 5.74) is -2.15. The number of amides is 1. The quantitative estimate of drug-likeness (QED) is 0.893. The van der Waals surface area contributed by atoms with Gasteiger partial charge < -0.3 is 10.0 Å². The van der Waals surface area contributed by atoms with Crippen molar-refractivity contribution in [3.63, 3.8) is 0 Å². The Bertz CT molecular complexity index is 553. The fraction of sp³-hybridized carbons (Fsp3) is 0.545. The Morgan fingerprint density at radius 3 is 2.55 bits per heavy atom. The van der Waals surface area contributed by atoms with Crippen LogP contribution in [0.4, 0.5) is 13.2 Å². The van der Waals surface area contributed by atoms with Gasteiger partial charge >= 0.3 is 12.1 Å². The van der Waals surface area contributed by atoms with Gasteiger partial charge in [-0.05, 0) is 6.42 Å². The van der Waals surface area contributed by atoms with Crippen molar-refractivity contribution >= 4 is 11.9 Å². The fourth-order valence-electron chi connectivity index (χ4n) is 2.31. The standard InChI is InChI=1S/C11H12F3N3O3/c1-6(18)16-3-2-7(5-16)17-9(11(12,13)14)8(4-15-17)10(19)20/h4,7H,2-3,5H2,1H3,(H,19,20). The van der Waals surface area contributed by atoms with E-state index in [2.05, 4.69) is 5.10 Å². The lowest BCUT2D eigenvalue weighted by Crippen LogP contribution is -2.28. The summed E-state index contributed by atoms with van der Waals surface area (Å²) in [5.74, 6) is -1.91. The summed E-state index contributed by atoms with van der Waals surface area (Å²) < 4.78 is 39.7. The molecule has 1 amide bonds. The maximum absolute atomic E-state index is 13.0. The van der Waals surface area contributed by atoms with E-state index in [1.165, 1.54) is 11.8 Å². The van der Waals surface area contributed by atoms with Crippen LogP contribution in [0.25, 0.3) is 0 Å². The maximum atomic E-state index is 13.0. The smallest absolute Gasteiger partial charge is 0.433 e. The molecule has 1 saturated heterocycles. The van der Waals surface area contributed by atoms with Crippen molar-refractivity contribution in [3.05, 3.63) is 17.5 Å². The van der Waals surface area contributed by atoms with Gasteiger partial charge in [-0.3, -0.25) is 9.48 Å². The molecule has 1 aliphatic rings. The third-order valence-corrected chi connectivity index (χ3v) is 3.25. The second-order valence-electron chi connectivity index (χ2n) is 4.56. The molecule has 0 radical (unpaired) electrons. The van der Waals surface area contributed by atoms with Crippen LogP contribution in [-0.4, -0.2) is 44.8 Å². The normalized spacial score (nSPS) is 19.4.